The molecule has 5 heteroatoms. The molecular formula is C17H17ClN2O2. The lowest BCUT2D eigenvalue weighted by atomic mass is 10.1. The first-order valence-corrected chi connectivity index (χ1v) is 7.54. The minimum absolute atomic E-state index is 0.0760. The van der Waals surface area contributed by atoms with Gasteiger partial charge in [-0.1, -0.05) is 35.9 Å². The molecule has 1 heterocycles. The second-order valence-electron chi connectivity index (χ2n) is 5.29. The van der Waals surface area contributed by atoms with Gasteiger partial charge in [0.15, 0.2) is 6.61 Å². The Hall–Kier alpha value is -2.04. The highest BCUT2D eigenvalue weighted by atomic mass is 35.5. The van der Waals surface area contributed by atoms with Gasteiger partial charge in [0.05, 0.1) is 5.69 Å². The average molecular weight is 317 g/mol. The summed E-state index contributed by atoms with van der Waals surface area (Å²) >= 11 is 6.16. The Bertz CT molecular complexity index is 703. The van der Waals surface area contributed by atoms with Crippen molar-refractivity contribution in [1.82, 2.24) is 5.32 Å². The highest BCUT2D eigenvalue weighted by Crippen LogP contribution is 2.30. The van der Waals surface area contributed by atoms with Crippen LogP contribution in [0.5, 0.6) is 5.75 Å². The Morgan fingerprint density at radius 2 is 2.14 bits per heavy atom. The van der Waals surface area contributed by atoms with Crippen molar-refractivity contribution >= 4 is 23.2 Å². The molecule has 114 valence electrons. The number of nitrogens with one attached hydrogen (secondary N) is 2. The van der Waals surface area contributed by atoms with E-state index in [4.69, 9.17) is 16.3 Å². The topological polar surface area (TPSA) is 50.4 Å². The molecule has 0 aromatic heterocycles. The second kappa shape index (κ2) is 6.38. The Morgan fingerprint density at radius 3 is 2.95 bits per heavy atom. The predicted octanol–water partition coefficient (Wildman–Crippen LogP) is 3.52. The van der Waals surface area contributed by atoms with E-state index in [0.29, 0.717) is 12.3 Å². The van der Waals surface area contributed by atoms with E-state index in [2.05, 4.69) is 17.6 Å². The van der Waals surface area contributed by atoms with Crippen LogP contribution in [0.2, 0.25) is 5.02 Å². The lowest BCUT2D eigenvalue weighted by molar-refractivity contribution is -0.118. The average Bonchev–Trinajstić information content (AvgIpc) is 2.53. The highest BCUT2D eigenvalue weighted by molar-refractivity contribution is 6.31. The van der Waals surface area contributed by atoms with Crippen LogP contribution in [0.1, 0.15) is 24.1 Å². The van der Waals surface area contributed by atoms with Crippen LogP contribution in [0.3, 0.4) is 0 Å². The van der Waals surface area contributed by atoms with Gasteiger partial charge in [-0.3, -0.25) is 4.79 Å². The molecule has 0 radical (unpaired) electrons. The summed E-state index contributed by atoms with van der Waals surface area (Å²) in [6.45, 7) is 2.83. The second-order valence-corrected chi connectivity index (χ2v) is 5.69. The highest BCUT2D eigenvalue weighted by Gasteiger charge is 2.17. The van der Waals surface area contributed by atoms with Crippen LogP contribution in [0.4, 0.5) is 5.69 Å². The van der Waals surface area contributed by atoms with E-state index >= 15 is 0 Å². The molecule has 1 aliphatic rings. The van der Waals surface area contributed by atoms with Crippen molar-refractivity contribution < 1.29 is 9.53 Å². The molecule has 22 heavy (non-hydrogen) atoms. The number of amides is 1. The summed E-state index contributed by atoms with van der Waals surface area (Å²) in [6, 6.07) is 13.7. The van der Waals surface area contributed by atoms with Gasteiger partial charge in [-0.05, 0) is 36.2 Å². The van der Waals surface area contributed by atoms with Crippen molar-refractivity contribution in [2.45, 2.75) is 19.5 Å². The fraction of sp³-hybridized carbons (Fsp3) is 0.235. The van der Waals surface area contributed by atoms with Crippen LogP contribution in [-0.2, 0) is 11.3 Å². The quantitative estimate of drug-likeness (QED) is 0.907. The van der Waals surface area contributed by atoms with Crippen molar-refractivity contribution in [3.05, 3.63) is 58.6 Å². The van der Waals surface area contributed by atoms with Gasteiger partial charge in [-0.25, -0.2) is 0 Å². The predicted molar refractivity (Wildman–Crippen MR) is 87.3 cm³/mol. The number of hydrogen-bond acceptors (Lipinski definition) is 3. The molecule has 0 spiro atoms. The zero-order valence-corrected chi connectivity index (χ0v) is 13.0. The summed E-state index contributed by atoms with van der Waals surface area (Å²) < 4.78 is 5.37. The number of hydrogen-bond donors (Lipinski definition) is 2. The zero-order valence-electron chi connectivity index (χ0n) is 12.2. The molecule has 3 rings (SSSR count). The van der Waals surface area contributed by atoms with Crippen LogP contribution in [0.25, 0.3) is 0 Å². The molecule has 1 amide bonds. The number of ether oxygens (including phenoxy) is 1. The Balaban J connectivity index is 1.70. The van der Waals surface area contributed by atoms with E-state index < -0.39 is 0 Å². The number of halogens is 1. The maximum absolute atomic E-state index is 11.4. The number of rotatable bonds is 4. The third kappa shape index (κ3) is 3.24. The Labute approximate surface area is 134 Å². The van der Waals surface area contributed by atoms with Crippen molar-refractivity contribution in [2.24, 2.45) is 0 Å². The van der Waals surface area contributed by atoms with Gasteiger partial charge in [0, 0.05) is 17.6 Å². The molecule has 2 aromatic rings. The third-order valence-electron chi connectivity index (χ3n) is 3.69. The van der Waals surface area contributed by atoms with Gasteiger partial charge >= 0.3 is 0 Å². The van der Waals surface area contributed by atoms with Crippen LogP contribution < -0.4 is 15.4 Å². The first kappa shape index (κ1) is 14.9. The number of carbonyl (C=O) groups is 1. The summed E-state index contributed by atoms with van der Waals surface area (Å²) in [5.41, 5.74) is 2.86. The van der Waals surface area contributed by atoms with Crippen LogP contribution in [0.15, 0.2) is 42.5 Å². The van der Waals surface area contributed by atoms with Gasteiger partial charge in [0.2, 0.25) is 0 Å². The van der Waals surface area contributed by atoms with Crippen molar-refractivity contribution in [3.63, 3.8) is 0 Å². The van der Waals surface area contributed by atoms with Crippen molar-refractivity contribution in [2.75, 3.05) is 11.9 Å². The molecule has 0 unspecified atom stereocenters. The monoisotopic (exact) mass is 316 g/mol. The molecule has 1 atom stereocenters. The van der Waals surface area contributed by atoms with Crippen molar-refractivity contribution in [3.8, 4) is 5.75 Å². The standard InChI is InChI=1S/C17H17ClN2O2/c1-11(19-9-13-4-2-3-5-14(13)18)12-6-7-16-15(8-12)20-17(21)10-22-16/h2-8,11,19H,9-10H2,1H3,(H,20,21)/t11-/m1/s1. The molecule has 4 nitrogen and oxygen atoms in total. The SMILES string of the molecule is C[C@@H](NCc1ccccc1Cl)c1ccc2c(c1)NC(=O)CO2. The largest absolute Gasteiger partial charge is 0.482 e. The van der Waals surface area contributed by atoms with E-state index in [-0.39, 0.29) is 18.6 Å². The van der Waals surface area contributed by atoms with Gasteiger partial charge in [-0.15, -0.1) is 0 Å². The summed E-state index contributed by atoms with van der Waals surface area (Å²) in [6.07, 6.45) is 0. The number of anilines is 1. The first-order valence-electron chi connectivity index (χ1n) is 7.17. The number of fused-ring (bicyclic) bond motifs is 1. The molecular weight excluding hydrogens is 300 g/mol. The molecule has 2 N–H and O–H groups in total. The molecule has 0 fully saturated rings. The molecule has 2 aromatic carbocycles. The van der Waals surface area contributed by atoms with Gasteiger partial charge in [0.25, 0.3) is 5.91 Å². The normalized spacial score (nSPS) is 14.7. The maximum atomic E-state index is 11.4. The summed E-state index contributed by atoms with van der Waals surface area (Å²) in [5, 5.41) is 7.02. The minimum atomic E-state index is -0.124. The lowest BCUT2D eigenvalue weighted by Gasteiger charge is -2.21. The Kier molecular flexibility index (Phi) is 4.32. The molecule has 0 saturated heterocycles. The van der Waals surface area contributed by atoms with E-state index in [1.807, 2.05) is 42.5 Å². The smallest absolute Gasteiger partial charge is 0.262 e. The van der Waals surface area contributed by atoms with Gasteiger partial charge in [-0.2, -0.15) is 0 Å². The molecule has 0 saturated carbocycles. The Morgan fingerprint density at radius 1 is 1.32 bits per heavy atom. The zero-order chi connectivity index (χ0) is 15.5. The third-order valence-corrected chi connectivity index (χ3v) is 4.06. The maximum Gasteiger partial charge on any atom is 0.262 e. The van der Waals surface area contributed by atoms with Gasteiger partial charge < -0.3 is 15.4 Å². The number of benzene rings is 2. The fourth-order valence-corrected chi connectivity index (χ4v) is 2.60. The minimum Gasteiger partial charge on any atom is -0.482 e. The summed E-state index contributed by atoms with van der Waals surface area (Å²) in [5.74, 6) is 0.586. The lowest BCUT2D eigenvalue weighted by Crippen LogP contribution is -2.26. The van der Waals surface area contributed by atoms with Gasteiger partial charge in [0.1, 0.15) is 5.75 Å². The van der Waals surface area contributed by atoms with E-state index in [1.165, 1.54) is 0 Å². The first-order chi connectivity index (χ1) is 10.6. The molecule has 1 aliphatic heterocycles. The fourth-order valence-electron chi connectivity index (χ4n) is 2.39. The van der Waals surface area contributed by atoms with Crippen LogP contribution in [0, 0.1) is 0 Å². The van der Waals surface area contributed by atoms with Crippen molar-refractivity contribution in [1.29, 1.82) is 0 Å². The van der Waals surface area contributed by atoms with Crippen LogP contribution >= 0.6 is 11.6 Å². The van der Waals surface area contributed by atoms with E-state index in [9.17, 15) is 4.79 Å². The van der Waals surface area contributed by atoms with E-state index in [1.54, 1.807) is 0 Å². The summed E-state index contributed by atoms with van der Waals surface area (Å²) in [4.78, 5) is 11.4. The van der Waals surface area contributed by atoms with E-state index in [0.717, 1.165) is 21.8 Å². The van der Waals surface area contributed by atoms with Crippen LogP contribution in [-0.4, -0.2) is 12.5 Å². The number of carbonyl (C=O) groups excluding carboxylic acids is 1. The molecule has 0 aliphatic carbocycles. The summed E-state index contributed by atoms with van der Waals surface area (Å²) in [7, 11) is 0. The molecule has 0 bridgehead atoms.